The third kappa shape index (κ3) is 3.72. The summed E-state index contributed by atoms with van der Waals surface area (Å²) in [5.41, 5.74) is 7.47. The molecule has 0 fully saturated rings. The highest BCUT2D eigenvalue weighted by Crippen LogP contribution is 2.49. The zero-order valence-electron chi connectivity index (χ0n) is 27.1. The van der Waals surface area contributed by atoms with Gasteiger partial charge in [0.25, 0.3) is 0 Å². The summed E-state index contributed by atoms with van der Waals surface area (Å²) in [5.74, 6) is 1.58. The van der Waals surface area contributed by atoms with E-state index in [4.69, 9.17) is 7.48 Å². The molecule has 0 spiro atoms. The molecule has 1 heterocycles. The second-order valence-corrected chi connectivity index (χ2v) is 11.0. The van der Waals surface area contributed by atoms with Gasteiger partial charge in [0.1, 0.15) is 11.5 Å². The van der Waals surface area contributed by atoms with Crippen LogP contribution in [0, 0.1) is 0 Å². The van der Waals surface area contributed by atoms with Crippen molar-refractivity contribution in [2.24, 2.45) is 0 Å². The molecule has 1 aliphatic rings. The molecule has 1 heteroatoms. The molecule has 0 bridgehead atoms. The highest BCUT2D eigenvalue weighted by atomic mass is 16.5. The van der Waals surface area contributed by atoms with Crippen LogP contribution in [-0.2, 0) is 0 Å². The summed E-state index contributed by atoms with van der Waals surface area (Å²) in [6.45, 7) is 0. The van der Waals surface area contributed by atoms with Gasteiger partial charge in [-0.3, -0.25) is 0 Å². The van der Waals surface area contributed by atoms with E-state index in [2.05, 4.69) is 66.7 Å². The van der Waals surface area contributed by atoms with E-state index < -0.39 is 0 Å². The molecule has 8 aromatic carbocycles. The average molecular weight is 551 g/mol. The molecule has 0 radical (unpaired) electrons. The van der Waals surface area contributed by atoms with Crippen LogP contribution in [0.5, 0.6) is 11.5 Å². The van der Waals surface area contributed by atoms with E-state index in [-0.39, 0.29) is 24.2 Å². The van der Waals surface area contributed by atoms with E-state index >= 15 is 0 Å². The Hall–Kier alpha value is -5.66. The Morgan fingerprint density at radius 1 is 0.419 bits per heavy atom. The first-order valence-electron chi connectivity index (χ1n) is 16.4. The van der Waals surface area contributed by atoms with Crippen molar-refractivity contribution in [1.29, 1.82) is 0 Å². The van der Waals surface area contributed by atoms with Crippen LogP contribution in [0.4, 0.5) is 0 Å². The van der Waals surface area contributed by atoms with E-state index in [0.717, 1.165) is 77.6 Å². The summed E-state index contributed by atoms with van der Waals surface area (Å²) in [6, 6.07) is 44.3. The number of fused-ring (bicyclic) bond motifs is 4. The topological polar surface area (TPSA) is 9.23 Å². The molecule has 8 aromatic rings. The lowest BCUT2D eigenvalue weighted by atomic mass is 9.84. The number of benzene rings is 8. The summed E-state index contributed by atoms with van der Waals surface area (Å²) in [7, 11) is 0. The lowest BCUT2D eigenvalue weighted by molar-refractivity contribution is 0.487. The van der Waals surface area contributed by atoms with E-state index in [1.807, 2.05) is 66.7 Å². The van der Waals surface area contributed by atoms with Crippen LogP contribution in [0.25, 0.3) is 76.8 Å². The van der Waals surface area contributed by atoms with Crippen molar-refractivity contribution in [2.45, 2.75) is 0 Å². The fourth-order valence-electron chi connectivity index (χ4n) is 6.68. The van der Waals surface area contributed by atoms with E-state index in [1.165, 1.54) is 0 Å². The molecule has 0 amide bonds. The molecule has 0 saturated carbocycles. The van der Waals surface area contributed by atoms with E-state index in [1.54, 1.807) is 0 Å². The van der Waals surface area contributed by atoms with Gasteiger partial charge in [-0.2, -0.15) is 0 Å². The summed E-state index contributed by atoms with van der Waals surface area (Å²) >= 11 is 0. The largest absolute Gasteiger partial charge is 0.456 e. The molecule has 0 aromatic heterocycles. The maximum atomic E-state index is 9.29. The average Bonchev–Trinajstić information content (AvgIpc) is 3.12. The first kappa shape index (κ1) is 20.3. The van der Waals surface area contributed by atoms with Gasteiger partial charge in [-0.25, -0.2) is 0 Å². The van der Waals surface area contributed by atoms with Gasteiger partial charge in [-0.1, -0.05) is 133 Å². The Labute approximate surface area is 255 Å². The predicted octanol–water partition coefficient (Wildman–Crippen LogP) is 11.9. The van der Waals surface area contributed by atoms with Gasteiger partial charge < -0.3 is 4.74 Å². The molecule has 43 heavy (non-hydrogen) atoms. The van der Waals surface area contributed by atoms with Crippen LogP contribution in [0.1, 0.15) is 5.48 Å². The van der Waals surface area contributed by atoms with Crippen LogP contribution in [0.2, 0.25) is 0 Å². The fraction of sp³-hybridized carbons (Fsp3) is 0. The number of rotatable bonds is 3. The number of ether oxygens (including phenoxy) is 1. The predicted molar refractivity (Wildman–Crippen MR) is 181 cm³/mol. The van der Waals surface area contributed by atoms with Crippen molar-refractivity contribution in [3.05, 3.63) is 158 Å². The van der Waals surface area contributed by atoms with Crippen molar-refractivity contribution in [3.8, 4) is 56.0 Å². The fourth-order valence-corrected chi connectivity index (χ4v) is 6.68. The zero-order chi connectivity index (χ0) is 31.8. The van der Waals surface area contributed by atoms with Crippen molar-refractivity contribution < 1.29 is 10.2 Å². The number of hydrogen-bond acceptors (Lipinski definition) is 1. The van der Waals surface area contributed by atoms with Gasteiger partial charge in [-0.15, -0.1) is 0 Å². The lowest BCUT2D eigenvalue weighted by Crippen LogP contribution is -1.98. The molecule has 0 aliphatic carbocycles. The van der Waals surface area contributed by atoms with Gasteiger partial charge >= 0.3 is 0 Å². The van der Waals surface area contributed by atoms with Gasteiger partial charge in [-0.05, 0) is 90.1 Å². The van der Waals surface area contributed by atoms with Crippen LogP contribution < -0.4 is 4.74 Å². The van der Waals surface area contributed by atoms with Crippen LogP contribution >= 0.6 is 0 Å². The highest BCUT2D eigenvalue weighted by Gasteiger charge is 2.22. The van der Waals surface area contributed by atoms with Crippen LogP contribution in [-0.4, -0.2) is 0 Å². The lowest BCUT2D eigenvalue weighted by Gasteiger charge is -2.23. The van der Waals surface area contributed by atoms with Crippen molar-refractivity contribution in [3.63, 3.8) is 0 Å². The summed E-state index contributed by atoms with van der Waals surface area (Å²) in [5, 5.41) is 5.02. The molecule has 0 atom stereocenters. The summed E-state index contributed by atoms with van der Waals surface area (Å²) in [6.07, 6.45) is 0. The monoisotopic (exact) mass is 550 g/mol. The quantitative estimate of drug-likeness (QED) is 0.199. The maximum absolute atomic E-state index is 9.29. The smallest absolute Gasteiger partial charge is 0.135 e. The van der Waals surface area contributed by atoms with Crippen molar-refractivity contribution >= 4 is 32.3 Å². The Bertz CT molecular complexity index is 2590. The third-order valence-corrected chi connectivity index (χ3v) is 8.56. The first-order chi connectivity index (χ1) is 23.0. The minimum absolute atomic E-state index is 0.0481. The highest BCUT2D eigenvalue weighted by molar-refractivity contribution is 6.21. The standard InChI is InChI=1S/C42H26O/c1-2-11-27(12-3-1)29-15-8-16-30(25-29)40-32-17-4-6-19-34(32)41(35-20-7-5-18-33(35)40)31-23-24-38-37(26-31)36-21-9-13-28-14-10-22-39(43-38)42(28)36/h1-26H/i4D,6D,17D,19D. The van der Waals surface area contributed by atoms with E-state index in [0.29, 0.717) is 10.8 Å². The van der Waals surface area contributed by atoms with E-state index in [9.17, 15) is 2.74 Å². The third-order valence-electron chi connectivity index (χ3n) is 8.56. The minimum Gasteiger partial charge on any atom is -0.456 e. The molecule has 0 saturated heterocycles. The van der Waals surface area contributed by atoms with Gasteiger partial charge in [0.2, 0.25) is 0 Å². The minimum atomic E-state index is -0.247. The summed E-state index contributed by atoms with van der Waals surface area (Å²) in [4.78, 5) is 0. The molecule has 200 valence electrons. The molecular formula is C42H26O. The van der Waals surface area contributed by atoms with Gasteiger partial charge in [0, 0.05) is 10.9 Å². The van der Waals surface area contributed by atoms with Gasteiger partial charge in [0.05, 0.1) is 5.48 Å². The zero-order valence-corrected chi connectivity index (χ0v) is 23.1. The molecule has 1 nitrogen and oxygen atoms in total. The molecule has 9 rings (SSSR count). The Morgan fingerprint density at radius 3 is 1.81 bits per heavy atom. The SMILES string of the molecule is [2H]c1c([2H])c([2H])c2c(-c3ccc4c(c3)-c3cccc5cccc(c35)O4)c3ccccc3c(-c3cccc(-c4ccccc4)c3)c2c1[2H]. The van der Waals surface area contributed by atoms with Crippen LogP contribution in [0.3, 0.4) is 0 Å². The summed E-state index contributed by atoms with van der Waals surface area (Å²) < 4.78 is 42.4. The van der Waals surface area contributed by atoms with Gasteiger partial charge in [0.15, 0.2) is 0 Å². The second kappa shape index (κ2) is 9.44. The molecular weight excluding hydrogens is 520 g/mol. The molecule has 1 aliphatic heterocycles. The number of hydrogen-bond donors (Lipinski definition) is 0. The Morgan fingerprint density at radius 2 is 1.05 bits per heavy atom. The Balaban J connectivity index is 1.39. The Kier molecular flexibility index (Phi) is 4.45. The second-order valence-electron chi connectivity index (χ2n) is 11.0. The van der Waals surface area contributed by atoms with Crippen LogP contribution in [0.15, 0.2) is 158 Å². The maximum Gasteiger partial charge on any atom is 0.135 e. The van der Waals surface area contributed by atoms with Crippen molar-refractivity contribution in [1.82, 2.24) is 0 Å². The molecule has 0 N–H and O–H groups in total. The van der Waals surface area contributed by atoms with Crippen molar-refractivity contribution in [2.75, 3.05) is 0 Å². The normalized spacial score (nSPS) is 13.2. The first-order valence-corrected chi connectivity index (χ1v) is 14.4. The molecule has 0 unspecified atom stereocenters.